The van der Waals surface area contributed by atoms with Gasteiger partial charge in [0.2, 0.25) is 0 Å². The van der Waals surface area contributed by atoms with Gasteiger partial charge in [0.1, 0.15) is 0 Å². The van der Waals surface area contributed by atoms with Gasteiger partial charge in [0.15, 0.2) is 5.17 Å². The van der Waals surface area contributed by atoms with E-state index in [-0.39, 0.29) is 5.54 Å². The van der Waals surface area contributed by atoms with Crippen LogP contribution in [0.3, 0.4) is 0 Å². The lowest BCUT2D eigenvalue weighted by Gasteiger charge is -2.58. The summed E-state index contributed by atoms with van der Waals surface area (Å²) in [5.41, 5.74) is 0.775. The molecular formula is C18H30N2S. The van der Waals surface area contributed by atoms with Crippen molar-refractivity contribution in [3.05, 3.63) is 0 Å². The van der Waals surface area contributed by atoms with E-state index in [0.717, 1.165) is 17.8 Å². The molecule has 1 aliphatic heterocycles. The van der Waals surface area contributed by atoms with Gasteiger partial charge in [-0.05, 0) is 88.9 Å². The van der Waals surface area contributed by atoms with Gasteiger partial charge in [-0.25, -0.2) is 0 Å². The van der Waals surface area contributed by atoms with Crippen LogP contribution >= 0.6 is 11.8 Å². The highest BCUT2D eigenvalue weighted by Crippen LogP contribution is 2.61. The molecule has 0 spiro atoms. The summed E-state index contributed by atoms with van der Waals surface area (Å²) in [5.74, 6) is 4.30. The van der Waals surface area contributed by atoms with Gasteiger partial charge >= 0.3 is 0 Å². The molecule has 4 saturated carbocycles. The minimum Gasteiger partial charge on any atom is -0.360 e. The smallest absolute Gasteiger partial charge is 0.157 e. The lowest BCUT2D eigenvalue weighted by Crippen LogP contribution is -2.51. The van der Waals surface area contributed by atoms with Crippen LogP contribution in [0.2, 0.25) is 0 Å². The number of hydrogen-bond acceptors (Lipinski definition) is 2. The molecule has 1 atom stereocenters. The van der Waals surface area contributed by atoms with Gasteiger partial charge in [0, 0.05) is 11.3 Å². The fourth-order valence-corrected chi connectivity index (χ4v) is 7.25. The first kappa shape index (κ1) is 14.4. The molecule has 1 heterocycles. The van der Waals surface area contributed by atoms with Gasteiger partial charge in [-0.15, -0.1) is 0 Å². The zero-order valence-corrected chi connectivity index (χ0v) is 14.6. The molecule has 0 amide bonds. The van der Waals surface area contributed by atoms with Crippen molar-refractivity contribution in [2.75, 3.05) is 5.75 Å². The van der Waals surface area contributed by atoms with Crippen molar-refractivity contribution in [2.45, 2.75) is 77.3 Å². The van der Waals surface area contributed by atoms with E-state index >= 15 is 0 Å². The molecule has 4 aliphatic carbocycles. The average Bonchev–Trinajstić information content (AvgIpc) is 2.35. The molecule has 118 valence electrons. The fraction of sp³-hybridized carbons (Fsp3) is 0.944. The zero-order valence-electron chi connectivity index (χ0n) is 13.8. The Bertz CT molecular complexity index is 419. The molecule has 1 saturated heterocycles. The van der Waals surface area contributed by atoms with Crippen molar-refractivity contribution in [1.82, 2.24) is 5.32 Å². The Kier molecular flexibility index (Phi) is 3.37. The highest BCUT2D eigenvalue weighted by Gasteiger charge is 2.53. The molecule has 0 aromatic rings. The van der Waals surface area contributed by atoms with Gasteiger partial charge in [-0.1, -0.05) is 11.8 Å². The van der Waals surface area contributed by atoms with Crippen LogP contribution in [-0.4, -0.2) is 22.5 Å². The number of thioether (sulfide) groups is 1. The van der Waals surface area contributed by atoms with Crippen molar-refractivity contribution < 1.29 is 0 Å². The lowest BCUT2D eigenvalue weighted by atomic mass is 9.48. The highest BCUT2D eigenvalue weighted by molar-refractivity contribution is 8.13. The molecule has 21 heavy (non-hydrogen) atoms. The van der Waals surface area contributed by atoms with Gasteiger partial charge in [-0.2, -0.15) is 0 Å². The minimum absolute atomic E-state index is 0.227. The van der Waals surface area contributed by atoms with Gasteiger partial charge in [0.05, 0.1) is 6.04 Å². The van der Waals surface area contributed by atoms with E-state index in [1.165, 1.54) is 55.9 Å². The molecule has 1 unspecified atom stereocenters. The van der Waals surface area contributed by atoms with E-state index in [9.17, 15) is 0 Å². The highest BCUT2D eigenvalue weighted by atomic mass is 32.2. The van der Waals surface area contributed by atoms with Crippen molar-refractivity contribution >= 4 is 16.9 Å². The van der Waals surface area contributed by atoms with E-state index in [1.54, 1.807) is 0 Å². The Hall–Kier alpha value is -0.180. The predicted octanol–water partition coefficient (Wildman–Crippen LogP) is 4.45. The van der Waals surface area contributed by atoms with Crippen LogP contribution in [0.5, 0.6) is 0 Å². The first-order chi connectivity index (χ1) is 9.94. The standard InChI is InChI=1S/C18H30N2S/c1-12(19-16-20-17(2,3)4-5-21-16)18-9-13-6-14(10-18)8-15(7-13)11-18/h12-15H,4-11H2,1-3H3,(H,19,20). The monoisotopic (exact) mass is 306 g/mol. The molecule has 4 bridgehead atoms. The summed E-state index contributed by atoms with van der Waals surface area (Å²) in [7, 11) is 0. The molecule has 1 N–H and O–H groups in total. The number of hydrogen-bond donors (Lipinski definition) is 1. The molecule has 2 nitrogen and oxygen atoms in total. The van der Waals surface area contributed by atoms with E-state index in [0.29, 0.717) is 11.5 Å². The van der Waals surface area contributed by atoms with Crippen molar-refractivity contribution in [2.24, 2.45) is 28.2 Å². The molecule has 0 radical (unpaired) electrons. The van der Waals surface area contributed by atoms with Crippen LogP contribution in [-0.2, 0) is 0 Å². The van der Waals surface area contributed by atoms with Gasteiger partial charge in [0.25, 0.3) is 0 Å². The maximum absolute atomic E-state index is 5.19. The average molecular weight is 307 g/mol. The lowest BCUT2D eigenvalue weighted by molar-refractivity contribution is -0.0633. The minimum atomic E-state index is 0.227. The summed E-state index contributed by atoms with van der Waals surface area (Å²) in [6, 6.07) is 0.509. The Labute approximate surface area is 133 Å². The second-order valence-electron chi connectivity index (χ2n) is 9.00. The topological polar surface area (TPSA) is 24.4 Å². The number of rotatable bonds is 2. The second kappa shape index (κ2) is 4.91. The van der Waals surface area contributed by atoms with Crippen molar-refractivity contribution in [3.63, 3.8) is 0 Å². The van der Waals surface area contributed by atoms with Crippen molar-refractivity contribution in [3.8, 4) is 0 Å². The summed E-state index contributed by atoms with van der Waals surface area (Å²) in [4.78, 5) is 5.19. The normalized spacial score (nSPS) is 47.4. The third-order valence-corrected chi connectivity index (χ3v) is 7.58. The third kappa shape index (κ3) is 2.64. The summed E-state index contributed by atoms with van der Waals surface area (Å²) in [6.45, 7) is 7.01. The predicted molar refractivity (Wildman–Crippen MR) is 91.8 cm³/mol. The largest absolute Gasteiger partial charge is 0.360 e. The van der Waals surface area contributed by atoms with Gasteiger partial charge < -0.3 is 5.32 Å². The summed E-state index contributed by atoms with van der Waals surface area (Å²) in [6.07, 6.45) is 10.2. The molecular weight excluding hydrogens is 276 g/mol. The second-order valence-corrected chi connectivity index (χ2v) is 10.1. The number of aliphatic imine (C=N–C) groups is 1. The van der Waals surface area contributed by atoms with E-state index in [1.807, 2.05) is 11.8 Å². The number of nitrogens with one attached hydrogen (secondary N) is 1. The molecule has 0 aromatic carbocycles. The van der Waals surface area contributed by atoms with Gasteiger partial charge in [-0.3, -0.25) is 4.99 Å². The van der Waals surface area contributed by atoms with Crippen LogP contribution in [0.15, 0.2) is 4.99 Å². The Balaban J connectivity index is 1.53. The van der Waals surface area contributed by atoms with Crippen LogP contribution < -0.4 is 5.32 Å². The molecule has 0 aromatic heterocycles. The molecule has 5 fully saturated rings. The van der Waals surface area contributed by atoms with E-state index in [2.05, 4.69) is 26.1 Å². The summed E-state index contributed by atoms with van der Waals surface area (Å²) >= 11 is 1.94. The maximum Gasteiger partial charge on any atom is 0.157 e. The number of amidine groups is 1. The third-order valence-electron chi connectivity index (χ3n) is 6.69. The zero-order chi connectivity index (χ0) is 14.7. The first-order valence-corrected chi connectivity index (χ1v) is 9.91. The Morgan fingerprint density at radius 3 is 2.19 bits per heavy atom. The van der Waals surface area contributed by atoms with Crippen LogP contribution in [0, 0.1) is 23.2 Å². The van der Waals surface area contributed by atoms with Crippen molar-refractivity contribution in [1.29, 1.82) is 0 Å². The van der Waals surface area contributed by atoms with E-state index < -0.39 is 0 Å². The van der Waals surface area contributed by atoms with E-state index in [4.69, 9.17) is 4.99 Å². The maximum atomic E-state index is 5.19. The van der Waals surface area contributed by atoms with Crippen LogP contribution in [0.1, 0.15) is 65.7 Å². The van der Waals surface area contributed by atoms with Crippen LogP contribution in [0.25, 0.3) is 0 Å². The quantitative estimate of drug-likeness (QED) is 0.815. The Morgan fingerprint density at radius 2 is 1.67 bits per heavy atom. The summed E-state index contributed by atoms with van der Waals surface area (Å²) in [5, 5.41) is 4.89. The van der Waals surface area contributed by atoms with Crippen LogP contribution in [0.4, 0.5) is 0 Å². The molecule has 5 rings (SSSR count). The SMILES string of the molecule is CC(N=C1NC(C)(C)CCS1)C12CC3CC(CC(C3)C1)C2. The first-order valence-electron chi connectivity index (χ1n) is 8.93. The summed E-state index contributed by atoms with van der Waals surface area (Å²) < 4.78 is 0. The number of nitrogens with zero attached hydrogens (tertiary/aromatic N) is 1. The Morgan fingerprint density at radius 1 is 1.10 bits per heavy atom. The fourth-order valence-electron chi connectivity index (χ4n) is 5.86. The molecule has 3 heteroatoms. The molecule has 5 aliphatic rings.